The zero-order valence-corrected chi connectivity index (χ0v) is 26.8. The Morgan fingerprint density at radius 2 is 1.04 bits per heavy atom. The topological polar surface area (TPSA) is 13.1 Å². The monoisotopic (exact) mass is 610 g/mol. The van der Waals surface area contributed by atoms with Gasteiger partial charge in [-0.25, -0.2) is 0 Å². The molecule has 1 aliphatic carbocycles. The Labute approximate surface area is 278 Å². The van der Waals surface area contributed by atoms with Gasteiger partial charge in [-0.1, -0.05) is 117 Å². The second-order valence-electron chi connectivity index (χ2n) is 14.1. The Kier molecular flexibility index (Phi) is 4.97. The molecule has 0 saturated heterocycles. The smallest absolute Gasteiger partial charge is 0.135 e. The summed E-state index contributed by atoms with van der Waals surface area (Å²) in [7, 11) is 0. The highest BCUT2D eigenvalue weighted by atomic mass is 16.3. The van der Waals surface area contributed by atoms with Crippen molar-refractivity contribution < 1.29 is 4.42 Å². The number of fused-ring (bicyclic) bond motifs is 7. The highest BCUT2D eigenvalue weighted by Crippen LogP contribution is 2.55. The Morgan fingerprint density at radius 3 is 1.85 bits per heavy atom. The van der Waals surface area contributed by atoms with Crippen LogP contribution in [0.25, 0.3) is 98.4 Å². The highest BCUT2D eigenvalue weighted by Gasteiger charge is 2.38. The van der Waals surface area contributed by atoms with Crippen molar-refractivity contribution in [2.45, 2.75) is 19.3 Å². The molecule has 1 aromatic heterocycles. The van der Waals surface area contributed by atoms with Crippen molar-refractivity contribution in [2.24, 2.45) is 0 Å². The fourth-order valence-electron chi connectivity index (χ4n) is 8.83. The molecule has 0 bridgehead atoms. The van der Waals surface area contributed by atoms with E-state index >= 15 is 0 Å². The van der Waals surface area contributed by atoms with Crippen LogP contribution < -0.4 is 0 Å². The van der Waals surface area contributed by atoms with Crippen molar-refractivity contribution in [3.8, 4) is 33.4 Å². The third kappa shape index (κ3) is 3.40. The first-order valence-electron chi connectivity index (χ1n) is 16.8. The largest absolute Gasteiger partial charge is 0.456 e. The molecule has 224 valence electrons. The van der Waals surface area contributed by atoms with E-state index in [-0.39, 0.29) is 5.41 Å². The molecule has 0 atom stereocenters. The van der Waals surface area contributed by atoms with E-state index in [9.17, 15) is 0 Å². The van der Waals surface area contributed by atoms with Crippen molar-refractivity contribution >= 4 is 65.0 Å². The van der Waals surface area contributed by atoms with E-state index in [2.05, 4.69) is 153 Å². The lowest BCUT2D eigenvalue weighted by molar-refractivity contribution is 0.661. The van der Waals surface area contributed by atoms with Crippen LogP contribution in [-0.2, 0) is 5.41 Å². The second kappa shape index (κ2) is 9.12. The number of hydrogen-bond donors (Lipinski definition) is 0. The maximum Gasteiger partial charge on any atom is 0.135 e. The highest BCUT2D eigenvalue weighted by molar-refractivity contribution is 6.23. The molecule has 10 aromatic rings. The Morgan fingerprint density at radius 1 is 0.396 bits per heavy atom. The lowest BCUT2D eigenvalue weighted by atomic mass is 9.80. The maximum atomic E-state index is 6.23. The lowest BCUT2D eigenvalue weighted by Gasteiger charge is -2.23. The van der Waals surface area contributed by atoms with Gasteiger partial charge >= 0.3 is 0 Å². The van der Waals surface area contributed by atoms with Crippen LogP contribution in [0.1, 0.15) is 25.0 Å². The number of benzene rings is 9. The SMILES string of the molecule is CC1(C)c2cc(-c3cc4ccc5cccc6ccc(c3)c4c56)ccc2-c2c1cc1ccccc1c2-c1ccc2oc3ccccc3c2c1. The molecule has 0 saturated carbocycles. The van der Waals surface area contributed by atoms with E-state index in [1.54, 1.807) is 0 Å². The van der Waals surface area contributed by atoms with Crippen molar-refractivity contribution in [3.63, 3.8) is 0 Å². The van der Waals surface area contributed by atoms with Gasteiger partial charge in [0.1, 0.15) is 11.2 Å². The van der Waals surface area contributed by atoms with Crippen molar-refractivity contribution in [3.05, 3.63) is 157 Å². The first kappa shape index (κ1) is 26.2. The molecular weight excluding hydrogens is 581 g/mol. The first-order chi connectivity index (χ1) is 23.5. The molecular formula is C47H30O. The molecule has 1 heterocycles. The summed E-state index contributed by atoms with van der Waals surface area (Å²) in [6.07, 6.45) is 0. The summed E-state index contributed by atoms with van der Waals surface area (Å²) in [6, 6.07) is 54.1. The molecule has 48 heavy (non-hydrogen) atoms. The molecule has 0 radical (unpaired) electrons. The van der Waals surface area contributed by atoms with E-state index in [0.717, 1.165) is 21.9 Å². The predicted molar refractivity (Wildman–Crippen MR) is 203 cm³/mol. The molecule has 9 aromatic carbocycles. The van der Waals surface area contributed by atoms with Gasteiger partial charge in [0.25, 0.3) is 0 Å². The van der Waals surface area contributed by atoms with Crippen LogP contribution in [0.15, 0.2) is 150 Å². The zero-order chi connectivity index (χ0) is 31.7. The van der Waals surface area contributed by atoms with Crippen LogP contribution >= 0.6 is 0 Å². The molecule has 1 heteroatoms. The van der Waals surface area contributed by atoms with Crippen LogP contribution in [0.3, 0.4) is 0 Å². The molecule has 0 spiro atoms. The van der Waals surface area contributed by atoms with Gasteiger partial charge in [-0.15, -0.1) is 0 Å². The van der Waals surface area contributed by atoms with Crippen LogP contribution in [0.5, 0.6) is 0 Å². The summed E-state index contributed by atoms with van der Waals surface area (Å²) >= 11 is 0. The summed E-state index contributed by atoms with van der Waals surface area (Å²) in [6.45, 7) is 4.79. The minimum absolute atomic E-state index is 0.165. The summed E-state index contributed by atoms with van der Waals surface area (Å²) in [5.74, 6) is 0. The average Bonchev–Trinajstić information content (AvgIpc) is 3.60. The Balaban J connectivity index is 1.15. The molecule has 0 amide bonds. The Bertz CT molecular complexity index is 2910. The number of para-hydroxylation sites is 1. The van der Waals surface area contributed by atoms with E-state index in [1.165, 1.54) is 87.6 Å². The minimum Gasteiger partial charge on any atom is -0.456 e. The fourth-order valence-corrected chi connectivity index (χ4v) is 8.83. The number of hydrogen-bond acceptors (Lipinski definition) is 1. The standard InChI is InChI=1S/C47H30O/c1-47(2)39-25-29(34-22-31-16-14-27-9-7-10-28-15-17-32(23-34)44(31)43(27)28)18-20-37(39)46-40(47)26-30-8-3-4-11-35(30)45(46)33-19-21-42-38(24-33)36-12-5-6-13-41(36)48-42/h3-26H,1-2H3. The maximum absolute atomic E-state index is 6.23. The van der Waals surface area contributed by atoms with E-state index < -0.39 is 0 Å². The molecule has 0 fully saturated rings. The molecule has 1 aliphatic rings. The Hall–Kier alpha value is -5.92. The summed E-state index contributed by atoms with van der Waals surface area (Å²) < 4.78 is 6.23. The molecule has 0 aliphatic heterocycles. The van der Waals surface area contributed by atoms with Crippen molar-refractivity contribution in [1.82, 2.24) is 0 Å². The quantitative estimate of drug-likeness (QED) is 0.178. The van der Waals surface area contributed by atoms with E-state index in [4.69, 9.17) is 4.42 Å². The van der Waals surface area contributed by atoms with Crippen LogP contribution in [0.2, 0.25) is 0 Å². The fraction of sp³-hybridized carbons (Fsp3) is 0.0638. The molecule has 1 nitrogen and oxygen atoms in total. The number of furan rings is 1. The van der Waals surface area contributed by atoms with Gasteiger partial charge in [0.15, 0.2) is 0 Å². The summed E-state index contributed by atoms with van der Waals surface area (Å²) in [5.41, 5.74) is 12.2. The van der Waals surface area contributed by atoms with Gasteiger partial charge in [0.05, 0.1) is 0 Å². The number of rotatable bonds is 2. The van der Waals surface area contributed by atoms with Crippen molar-refractivity contribution in [2.75, 3.05) is 0 Å². The molecule has 11 rings (SSSR count). The molecule has 0 unspecified atom stereocenters. The summed E-state index contributed by atoms with van der Waals surface area (Å²) in [4.78, 5) is 0. The van der Waals surface area contributed by atoms with Gasteiger partial charge in [0.2, 0.25) is 0 Å². The van der Waals surface area contributed by atoms with Gasteiger partial charge in [-0.2, -0.15) is 0 Å². The van der Waals surface area contributed by atoms with Gasteiger partial charge < -0.3 is 4.42 Å². The molecule has 0 N–H and O–H groups in total. The van der Waals surface area contributed by atoms with E-state index in [0.29, 0.717) is 0 Å². The predicted octanol–water partition coefficient (Wildman–Crippen LogP) is 13.3. The summed E-state index contributed by atoms with van der Waals surface area (Å²) in [5, 5.41) is 12.8. The first-order valence-corrected chi connectivity index (χ1v) is 16.8. The van der Waals surface area contributed by atoms with E-state index in [1.807, 2.05) is 6.07 Å². The second-order valence-corrected chi connectivity index (χ2v) is 14.1. The van der Waals surface area contributed by atoms with Crippen LogP contribution in [0, 0.1) is 0 Å². The lowest BCUT2D eigenvalue weighted by Crippen LogP contribution is -2.15. The normalized spacial score (nSPS) is 13.8. The van der Waals surface area contributed by atoms with Gasteiger partial charge in [-0.05, 0) is 130 Å². The average molecular weight is 611 g/mol. The van der Waals surface area contributed by atoms with Crippen LogP contribution in [-0.4, -0.2) is 0 Å². The minimum atomic E-state index is -0.165. The van der Waals surface area contributed by atoms with Gasteiger partial charge in [-0.3, -0.25) is 0 Å². The third-order valence-electron chi connectivity index (χ3n) is 11.1. The van der Waals surface area contributed by atoms with Crippen LogP contribution in [0.4, 0.5) is 0 Å². The zero-order valence-electron chi connectivity index (χ0n) is 26.8. The third-order valence-corrected chi connectivity index (χ3v) is 11.1. The van der Waals surface area contributed by atoms with Crippen molar-refractivity contribution in [1.29, 1.82) is 0 Å². The van der Waals surface area contributed by atoms with Gasteiger partial charge in [0, 0.05) is 16.2 Å².